The molecule has 4 nitrogen and oxygen atoms in total. The quantitative estimate of drug-likeness (QED) is 0.205. The molecule has 0 aliphatic carbocycles. The Morgan fingerprint density at radius 1 is 0.857 bits per heavy atom. The van der Waals surface area contributed by atoms with Crippen LogP contribution in [-0.2, 0) is 14.2 Å². The first kappa shape index (κ1) is 28.2. The van der Waals surface area contributed by atoms with Gasteiger partial charge in [-0.3, -0.25) is 0 Å². The molecule has 4 unspecified atom stereocenters. The summed E-state index contributed by atoms with van der Waals surface area (Å²) in [6.45, 7) is 3.72. The number of alkyl halides is 2. The highest BCUT2D eigenvalue weighted by Gasteiger charge is 2.36. The summed E-state index contributed by atoms with van der Waals surface area (Å²) in [6, 6.07) is 2.39. The van der Waals surface area contributed by atoms with Gasteiger partial charge in [0.2, 0.25) is 5.82 Å². The molecule has 0 radical (unpaired) electrons. The van der Waals surface area contributed by atoms with Gasteiger partial charge in [-0.1, -0.05) is 52.0 Å². The Morgan fingerprint density at radius 3 is 2.17 bits per heavy atom. The van der Waals surface area contributed by atoms with Crippen LogP contribution < -0.4 is 4.74 Å². The Kier molecular flexibility index (Phi) is 11.1. The molecule has 2 aliphatic heterocycles. The lowest BCUT2D eigenvalue weighted by atomic mass is 9.89. The van der Waals surface area contributed by atoms with Crippen LogP contribution in [0.4, 0.5) is 17.6 Å². The van der Waals surface area contributed by atoms with E-state index < -0.39 is 36.2 Å². The van der Waals surface area contributed by atoms with Crippen LogP contribution in [0.15, 0.2) is 12.1 Å². The van der Waals surface area contributed by atoms with E-state index in [1.807, 2.05) is 0 Å². The second kappa shape index (κ2) is 13.8. The molecule has 2 aliphatic rings. The van der Waals surface area contributed by atoms with Crippen LogP contribution in [-0.4, -0.2) is 44.2 Å². The number of unbranched alkanes of at least 4 members (excludes halogenated alkanes) is 3. The standard InChI is InChI=1S/C27H40F4O4/c1-3-5-7-9-21-11-10-19(16-32-21)23-14-15-24(26(29)25(23)28)35-27(30,31)18-34-22-13-12-20(33-17-22)8-6-4-2/h14-15,19-22H,3-13,16-18H2,1-2H3. The zero-order chi connectivity index (χ0) is 25.3. The fourth-order valence-electron chi connectivity index (χ4n) is 4.82. The molecule has 2 fully saturated rings. The summed E-state index contributed by atoms with van der Waals surface area (Å²) in [5, 5.41) is 0. The molecule has 2 saturated heterocycles. The minimum Gasteiger partial charge on any atom is -0.428 e. The number of hydrogen-bond donors (Lipinski definition) is 0. The zero-order valence-electron chi connectivity index (χ0n) is 21.0. The van der Waals surface area contributed by atoms with Crippen molar-refractivity contribution in [2.24, 2.45) is 0 Å². The van der Waals surface area contributed by atoms with Crippen LogP contribution in [0.1, 0.15) is 96.0 Å². The maximum atomic E-state index is 14.8. The minimum atomic E-state index is -3.80. The van der Waals surface area contributed by atoms with E-state index in [4.69, 9.17) is 14.2 Å². The summed E-state index contributed by atoms with van der Waals surface area (Å²) in [4.78, 5) is 0. The van der Waals surface area contributed by atoms with E-state index in [-0.39, 0.29) is 30.3 Å². The fourth-order valence-corrected chi connectivity index (χ4v) is 4.82. The average Bonchev–Trinajstić information content (AvgIpc) is 2.86. The Bertz CT molecular complexity index is 760. The van der Waals surface area contributed by atoms with Gasteiger partial charge in [-0.05, 0) is 50.2 Å². The highest BCUT2D eigenvalue weighted by atomic mass is 19.3. The van der Waals surface area contributed by atoms with Gasteiger partial charge in [0.1, 0.15) is 0 Å². The average molecular weight is 505 g/mol. The highest BCUT2D eigenvalue weighted by molar-refractivity contribution is 5.33. The lowest BCUT2D eigenvalue weighted by Gasteiger charge is -2.30. The number of hydrogen-bond acceptors (Lipinski definition) is 4. The van der Waals surface area contributed by atoms with Crippen LogP contribution in [0.5, 0.6) is 5.75 Å². The van der Waals surface area contributed by atoms with Crippen molar-refractivity contribution >= 4 is 0 Å². The van der Waals surface area contributed by atoms with Crippen LogP contribution in [0.3, 0.4) is 0 Å². The van der Waals surface area contributed by atoms with Crippen molar-refractivity contribution in [1.29, 1.82) is 0 Å². The van der Waals surface area contributed by atoms with Gasteiger partial charge in [0.25, 0.3) is 0 Å². The molecule has 0 bridgehead atoms. The predicted octanol–water partition coefficient (Wildman–Crippen LogP) is 7.53. The van der Waals surface area contributed by atoms with Gasteiger partial charge < -0.3 is 18.9 Å². The van der Waals surface area contributed by atoms with Crippen LogP contribution in [0.2, 0.25) is 0 Å². The molecule has 1 aromatic rings. The maximum absolute atomic E-state index is 14.8. The largest absolute Gasteiger partial charge is 0.428 e. The van der Waals surface area contributed by atoms with E-state index in [0.717, 1.165) is 63.9 Å². The van der Waals surface area contributed by atoms with Crippen molar-refractivity contribution in [1.82, 2.24) is 0 Å². The van der Waals surface area contributed by atoms with Gasteiger partial charge in [0, 0.05) is 5.92 Å². The SMILES string of the molecule is CCCCCC1CCC(c2ccc(OC(F)(F)COC3CCC(CCCC)OC3)c(F)c2F)CO1. The molecule has 200 valence electrons. The summed E-state index contributed by atoms with van der Waals surface area (Å²) >= 11 is 0. The molecule has 0 N–H and O–H groups in total. The Hall–Kier alpha value is -1.38. The first-order valence-corrected chi connectivity index (χ1v) is 13.2. The van der Waals surface area contributed by atoms with Crippen molar-refractivity contribution in [2.75, 3.05) is 19.8 Å². The number of ether oxygens (including phenoxy) is 4. The van der Waals surface area contributed by atoms with Crippen LogP contribution >= 0.6 is 0 Å². The Labute approximate surface area is 206 Å². The Morgan fingerprint density at radius 2 is 1.54 bits per heavy atom. The van der Waals surface area contributed by atoms with Gasteiger partial charge in [-0.2, -0.15) is 13.2 Å². The molecule has 1 aromatic carbocycles. The van der Waals surface area contributed by atoms with Crippen LogP contribution in [0, 0.1) is 11.6 Å². The zero-order valence-corrected chi connectivity index (χ0v) is 21.0. The van der Waals surface area contributed by atoms with Crippen molar-refractivity contribution in [3.8, 4) is 5.75 Å². The molecule has 0 saturated carbocycles. The van der Waals surface area contributed by atoms with Crippen molar-refractivity contribution in [3.05, 3.63) is 29.3 Å². The van der Waals surface area contributed by atoms with Crippen molar-refractivity contribution in [3.63, 3.8) is 0 Å². The van der Waals surface area contributed by atoms with E-state index in [1.165, 1.54) is 6.07 Å². The first-order valence-electron chi connectivity index (χ1n) is 13.2. The second-order valence-corrected chi connectivity index (χ2v) is 9.85. The molecule has 3 rings (SSSR count). The molecule has 8 heteroatoms. The third-order valence-corrected chi connectivity index (χ3v) is 6.97. The molecule has 0 amide bonds. The fraction of sp³-hybridized carbons (Fsp3) is 0.778. The van der Waals surface area contributed by atoms with E-state index in [1.54, 1.807) is 0 Å². The number of halogens is 4. The number of rotatable bonds is 13. The van der Waals surface area contributed by atoms with Gasteiger partial charge in [-0.25, -0.2) is 4.39 Å². The van der Waals surface area contributed by atoms with Gasteiger partial charge >= 0.3 is 6.11 Å². The second-order valence-electron chi connectivity index (χ2n) is 9.85. The molecule has 0 spiro atoms. The summed E-state index contributed by atoms with van der Waals surface area (Å²) in [5.74, 6) is -3.70. The minimum absolute atomic E-state index is 0.137. The first-order chi connectivity index (χ1) is 16.8. The maximum Gasteiger partial charge on any atom is 0.422 e. The van der Waals surface area contributed by atoms with Crippen LogP contribution in [0.25, 0.3) is 0 Å². The lowest BCUT2D eigenvalue weighted by molar-refractivity contribution is -0.229. The van der Waals surface area contributed by atoms with E-state index in [9.17, 15) is 17.6 Å². The summed E-state index contributed by atoms with van der Waals surface area (Å²) in [7, 11) is 0. The molecule has 4 atom stereocenters. The predicted molar refractivity (Wildman–Crippen MR) is 126 cm³/mol. The number of benzene rings is 1. The highest BCUT2D eigenvalue weighted by Crippen LogP contribution is 2.36. The summed E-state index contributed by atoms with van der Waals surface area (Å²) in [5.41, 5.74) is 0.137. The molecular weight excluding hydrogens is 464 g/mol. The van der Waals surface area contributed by atoms with E-state index in [0.29, 0.717) is 19.4 Å². The van der Waals surface area contributed by atoms with E-state index >= 15 is 0 Å². The Balaban J connectivity index is 1.48. The summed E-state index contributed by atoms with van der Waals surface area (Å²) < 4.78 is 79.4. The topological polar surface area (TPSA) is 36.9 Å². The molecule has 2 heterocycles. The third-order valence-electron chi connectivity index (χ3n) is 6.97. The van der Waals surface area contributed by atoms with Crippen molar-refractivity contribution < 1.29 is 36.5 Å². The molecule has 0 aromatic heterocycles. The molecular formula is C27H40F4O4. The third kappa shape index (κ3) is 8.60. The van der Waals surface area contributed by atoms with E-state index in [2.05, 4.69) is 18.6 Å². The van der Waals surface area contributed by atoms with Gasteiger partial charge in [-0.15, -0.1) is 0 Å². The normalized spacial score (nSPS) is 25.5. The lowest BCUT2D eigenvalue weighted by Crippen LogP contribution is -2.37. The smallest absolute Gasteiger partial charge is 0.422 e. The molecule has 35 heavy (non-hydrogen) atoms. The van der Waals surface area contributed by atoms with Crippen molar-refractivity contribution in [2.45, 2.75) is 115 Å². The summed E-state index contributed by atoms with van der Waals surface area (Å²) in [6.07, 6.45) is 6.26. The monoisotopic (exact) mass is 504 g/mol. The van der Waals surface area contributed by atoms with Gasteiger partial charge in [0.05, 0.1) is 31.5 Å². The van der Waals surface area contributed by atoms with Gasteiger partial charge in [0.15, 0.2) is 18.2 Å².